The zero-order chi connectivity index (χ0) is 21.0. The van der Waals surface area contributed by atoms with Gasteiger partial charge in [-0.3, -0.25) is 9.59 Å². The number of anilines is 1. The van der Waals surface area contributed by atoms with Crippen molar-refractivity contribution in [2.75, 3.05) is 5.32 Å². The van der Waals surface area contributed by atoms with Crippen LogP contribution in [0, 0.1) is 5.41 Å². The number of fused-ring (bicyclic) bond motifs is 2. The highest BCUT2D eigenvalue weighted by molar-refractivity contribution is 7.13. The third-order valence-electron chi connectivity index (χ3n) is 4.67. The number of aromatic nitrogens is 3. The number of para-hydroxylation sites is 1. The quantitative estimate of drug-likeness (QED) is 0.568. The van der Waals surface area contributed by atoms with Crippen LogP contribution in [0.15, 0.2) is 41.9 Å². The van der Waals surface area contributed by atoms with Crippen LogP contribution in [0.3, 0.4) is 0 Å². The molecule has 1 N–H and O–H groups in total. The molecular formula is C22H26N4O3S. The van der Waals surface area contributed by atoms with Crippen LogP contribution in [-0.4, -0.2) is 27.4 Å². The standard InChI is InChI=1S/C19H16N4O3S.C2H6.CH4/c1-19(2,17(25)22-18-23-20-10-27-18)15-12-5-3-4-6-14(12)26-16-13(15)8-7-11(9-24)21-16;1-2;/h3-10,15H,1-2H3,(H,22,23,25);1-2H3;1H4. The monoisotopic (exact) mass is 426 g/mol. The summed E-state index contributed by atoms with van der Waals surface area (Å²) in [5.41, 5.74) is 2.65. The number of hydrogen-bond acceptors (Lipinski definition) is 7. The summed E-state index contributed by atoms with van der Waals surface area (Å²) in [7, 11) is 0. The van der Waals surface area contributed by atoms with Gasteiger partial charge in [0.25, 0.3) is 0 Å². The molecule has 30 heavy (non-hydrogen) atoms. The van der Waals surface area contributed by atoms with E-state index < -0.39 is 5.41 Å². The number of carbonyl (C=O) groups is 2. The molecule has 0 spiro atoms. The third-order valence-corrected chi connectivity index (χ3v) is 5.27. The number of hydrogen-bond donors (Lipinski definition) is 1. The highest BCUT2D eigenvalue weighted by Crippen LogP contribution is 2.51. The van der Waals surface area contributed by atoms with Crippen LogP contribution in [0.4, 0.5) is 5.13 Å². The SMILES string of the molecule is C.CC.CC(C)(C(=O)Nc1nncs1)C1c2ccccc2Oc2nc(C=O)ccc21. The lowest BCUT2D eigenvalue weighted by atomic mass is 9.69. The van der Waals surface area contributed by atoms with E-state index in [4.69, 9.17) is 4.74 Å². The summed E-state index contributed by atoms with van der Waals surface area (Å²) in [6, 6.07) is 11.0. The van der Waals surface area contributed by atoms with Crippen molar-refractivity contribution in [1.29, 1.82) is 0 Å². The Morgan fingerprint density at radius 1 is 1.17 bits per heavy atom. The molecule has 2 aromatic heterocycles. The van der Waals surface area contributed by atoms with Gasteiger partial charge in [-0.25, -0.2) is 4.98 Å². The summed E-state index contributed by atoms with van der Waals surface area (Å²) in [6.07, 6.45) is 0.673. The predicted octanol–water partition coefficient (Wildman–Crippen LogP) is 5.31. The molecule has 3 heterocycles. The summed E-state index contributed by atoms with van der Waals surface area (Å²) < 4.78 is 5.91. The molecule has 1 aliphatic rings. The molecule has 4 rings (SSSR count). The maximum atomic E-state index is 13.1. The third kappa shape index (κ3) is 4.23. The van der Waals surface area contributed by atoms with E-state index in [2.05, 4.69) is 20.5 Å². The van der Waals surface area contributed by atoms with Crippen molar-refractivity contribution in [3.8, 4) is 11.6 Å². The van der Waals surface area contributed by atoms with Gasteiger partial charge in [0.15, 0.2) is 6.29 Å². The van der Waals surface area contributed by atoms with Crippen LogP contribution in [-0.2, 0) is 4.79 Å². The Kier molecular flexibility index (Phi) is 7.39. The smallest absolute Gasteiger partial charge is 0.232 e. The van der Waals surface area contributed by atoms with Crippen LogP contribution < -0.4 is 10.1 Å². The molecule has 0 radical (unpaired) electrons. The maximum absolute atomic E-state index is 13.1. The molecule has 8 heteroatoms. The van der Waals surface area contributed by atoms with E-state index in [9.17, 15) is 9.59 Å². The number of pyridine rings is 1. The fourth-order valence-corrected chi connectivity index (χ4v) is 3.75. The van der Waals surface area contributed by atoms with Crippen LogP contribution >= 0.6 is 11.3 Å². The lowest BCUT2D eigenvalue weighted by molar-refractivity contribution is -0.124. The van der Waals surface area contributed by atoms with E-state index in [0.29, 0.717) is 23.0 Å². The summed E-state index contributed by atoms with van der Waals surface area (Å²) in [5, 5.41) is 10.9. The van der Waals surface area contributed by atoms with Gasteiger partial charge < -0.3 is 10.1 Å². The highest BCUT2D eigenvalue weighted by atomic mass is 32.1. The second-order valence-corrected chi connectivity index (χ2v) is 7.57. The van der Waals surface area contributed by atoms with E-state index in [1.165, 1.54) is 11.3 Å². The molecule has 1 aromatic carbocycles. The van der Waals surface area contributed by atoms with Crippen molar-refractivity contribution in [1.82, 2.24) is 15.2 Å². The predicted molar refractivity (Wildman–Crippen MR) is 118 cm³/mol. The van der Waals surface area contributed by atoms with Crippen molar-refractivity contribution >= 4 is 28.7 Å². The van der Waals surface area contributed by atoms with E-state index in [0.717, 1.165) is 11.1 Å². The Balaban J connectivity index is 0.00000104. The number of benzene rings is 1. The van der Waals surface area contributed by atoms with Crippen molar-refractivity contribution in [3.05, 3.63) is 58.7 Å². The van der Waals surface area contributed by atoms with Gasteiger partial charge in [-0.05, 0) is 12.1 Å². The van der Waals surface area contributed by atoms with E-state index in [1.54, 1.807) is 17.6 Å². The molecule has 158 valence electrons. The van der Waals surface area contributed by atoms with Crippen molar-refractivity contribution in [3.63, 3.8) is 0 Å². The number of aldehydes is 1. The zero-order valence-electron chi connectivity index (χ0n) is 16.7. The molecule has 1 atom stereocenters. The average Bonchev–Trinajstić information content (AvgIpc) is 3.25. The Morgan fingerprint density at radius 3 is 2.57 bits per heavy atom. The first-order valence-electron chi connectivity index (χ1n) is 9.31. The fourth-order valence-electron chi connectivity index (χ4n) is 3.31. The second kappa shape index (κ2) is 9.58. The van der Waals surface area contributed by atoms with Crippen LogP contribution in [0.25, 0.3) is 0 Å². The summed E-state index contributed by atoms with van der Waals surface area (Å²) in [4.78, 5) is 28.5. The second-order valence-electron chi connectivity index (χ2n) is 6.74. The Labute approximate surface area is 180 Å². The molecule has 0 fully saturated rings. The van der Waals surface area contributed by atoms with Gasteiger partial charge in [0.05, 0.1) is 5.41 Å². The van der Waals surface area contributed by atoms with Crippen LogP contribution in [0.1, 0.15) is 62.7 Å². The highest BCUT2D eigenvalue weighted by Gasteiger charge is 2.44. The van der Waals surface area contributed by atoms with Gasteiger partial charge in [-0.15, -0.1) is 10.2 Å². The first-order chi connectivity index (χ1) is 14.0. The Hall–Kier alpha value is -3.13. The Morgan fingerprint density at radius 2 is 1.90 bits per heavy atom. The largest absolute Gasteiger partial charge is 0.438 e. The Bertz CT molecular complexity index is 1020. The number of carbonyl (C=O) groups excluding carboxylic acids is 2. The maximum Gasteiger partial charge on any atom is 0.232 e. The molecule has 1 unspecified atom stereocenters. The van der Waals surface area contributed by atoms with Gasteiger partial charge in [0, 0.05) is 17.0 Å². The topological polar surface area (TPSA) is 94.1 Å². The minimum absolute atomic E-state index is 0. The lowest BCUT2D eigenvalue weighted by Crippen LogP contribution is -2.38. The molecule has 3 aromatic rings. The molecule has 7 nitrogen and oxygen atoms in total. The summed E-state index contributed by atoms with van der Waals surface area (Å²) in [6.45, 7) is 7.74. The first-order valence-corrected chi connectivity index (χ1v) is 10.2. The van der Waals surface area contributed by atoms with Gasteiger partial charge in [-0.2, -0.15) is 0 Å². The molecule has 0 aliphatic carbocycles. The number of nitrogens with zero attached hydrogens (tertiary/aromatic N) is 3. The first kappa shape index (κ1) is 23.2. The minimum Gasteiger partial charge on any atom is -0.438 e. The molecule has 0 saturated heterocycles. The number of rotatable bonds is 4. The van der Waals surface area contributed by atoms with Crippen molar-refractivity contribution in [2.24, 2.45) is 5.41 Å². The molecular weight excluding hydrogens is 400 g/mol. The van der Waals surface area contributed by atoms with Crippen LogP contribution in [0.5, 0.6) is 11.6 Å². The van der Waals surface area contributed by atoms with E-state index in [1.807, 2.05) is 52.0 Å². The normalized spacial score (nSPS) is 13.9. The summed E-state index contributed by atoms with van der Waals surface area (Å²) >= 11 is 1.26. The molecule has 1 amide bonds. The van der Waals surface area contributed by atoms with Gasteiger partial charge in [0.2, 0.25) is 16.9 Å². The zero-order valence-corrected chi connectivity index (χ0v) is 17.5. The molecule has 1 aliphatic heterocycles. The van der Waals surface area contributed by atoms with Gasteiger partial charge >= 0.3 is 0 Å². The van der Waals surface area contributed by atoms with Crippen molar-refractivity contribution in [2.45, 2.75) is 41.0 Å². The van der Waals surface area contributed by atoms with E-state index in [-0.39, 0.29) is 24.9 Å². The molecule has 0 bridgehead atoms. The minimum atomic E-state index is -0.843. The van der Waals surface area contributed by atoms with Gasteiger partial charge in [-0.1, -0.05) is 70.7 Å². The number of amides is 1. The van der Waals surface area contributed by atoms with Gasteiger partial charge in [0.1, 0.15) is 17.0 Å². The molecule has 0 saturated carbocycles. The summed E-state index contributed by atoms with van der Waals surface area (Å²) in [5.74, 6) is 0.479. The number of nitrogens with one attached hydrogen (secondary N) is 1. The fraction of sp³-hybridized carbons (Fsp3) is 0.318. The average molecular weight is 427 g/mol. The number of ether oxygens (including phenoxy) is 1. The van der Waals surface area contributed by atoms with Crippen LogP contribution in [0.2, 0.25) is 0 Å². The van der Waals surface area contributed by atoms with E-state index >= 15 is 0 Å². The van der Waals surface area contributed by atoms with Crippen molar-refractivity contribution < 1.29 is 14.3 Å². The lowest BCUT2D eigenvalue weighted by Gasteiger charge is -2.37.